The van der Waals surface area contributed by atoms with Crippen LogP contribution in [0.25, 0.3) is 21.6 Å². The van der Waals surface area contributed by atoms with Crippen molar-refractivity contribution < 1.29 is 0 Å². The summed E-state index contributed by atoms with van der Waals surface area (Å²) in [5, 5.41) is 12.7. The van der Waals surface area contributed by atoms with Crippen LogP contribution in [0.1, 0.15) is 36.1 Å². The lowest BCUT2D eigenvalue weighted by molar-refractivity contribution is 0.602. The van der Waals surface area contributed by atoms with Gasteiger partial charge in [0.15, 0.2) is 5.65 Å². The van der Waals surface area contributed by atoms with Crippen LogP contribution in [-0.4, -0.2) is 29.2 Å². The fraction of sp³-hybridized carbons (Fsp3) is 0.385. The van der Waals surface area contributed by atoms with Crippen LogP contribution >= 0.6 is 23.6 Å². The summed E-state index contributed by atoms with van der Waals surface area (Å²) < 4.78 is 4.38. The predicted molar refractivity (Wildman–Crippen MR) is 83.7 cm³/mol. The number of hydrogen-bond acceptors (Lipinski definition) is 5. The molecule has 0 saturated carbocycles. The average Bonchev–Trinajstić information content (AvgIpc) is 3.13. The van der Waals surface area contributed by atoms with E-state index in [9.17, 15) is 0 Å². The average molecular weight is 316 g/mol. The third-order valence-electron chi connectivity index (χ3n) is 4.36. The minimum absolute atomic E-state index is 0.557. The highest BCUT2D eigenvalue weighted by Gasteiger charge is 2.26. The molecule has 8 heteroatoms. The van der Waals surface area contributed by atoms with Crippen LogP contribution in [-0.2, 0) is 6.42 Å². The molecule has 1 N–H and O–H groups in total. The van der Waals surface area contributed by atoms with Crippen LogP contribution in [0.2, 0.25) is 0 Å². The molecule has 106 valence electrons. The molecule has 0 bridgehead atoms. The zero-order valence-corrected chi connectivity index (χ0v) is 13.0. The molecule has 0 spiro atoms. The Morgan fingerprint density at radius 1 is 1.48 bits per heavy atom. The molecule has 0 aliphatic heterocycles. The van der Waals surface area contributed by atoms with E-state index in [2.05, 4.69) is 27.2 Å². The number of fused-ring (bicyclic) bond motifs is 8. The van der Waals surface area contributed by atoms with Gasteiger partial charge in [-0.3, -0.25) is 0 Å². The van der Waals surface area contributed by atoms with Crippen molar-refractivity contribution in [2.75, 3.05) is 0 Å². The van der Waals surface area contributed by atoms with Gasteiger partial charge in [0.05, 0.1) is 5.39 Å². The number of H-pyrrole nitrogens is 1. The number of rotatable bonds is 0. The predicted octanol–water partition coefficient (Wildman–Crippen LogP) is 3.09. The van der Waals surface area contributed by atoms with E-state index in [4.69, 9.17) is 12.2 Å². The fourth-order valence-electron chi connectivity index (χ4n) is 3.44. The summed E-state index contributed by atoms with van der Waals surface area (Å²) in [6.07, 6.45) is 5.22. The van der Waals surface area contributed by atoms with Gasteiger partial charge in [0, 0.05) is 4.88 Å². The molecule has 0 fully saturated rings. The van der Waals surface area contributed by atoms with Crippen molar-refractivity contribution >= 4 is 45.2 Å². The largest absolute Gasteiger partial charge is 0.257 e. The molecule has 0 amide bonds. The lowest BCUT2D eigenvalue weighted by Gasteiger charge is -2.18. The maximum Gasteiger partial charge on any atom is 0.257 e. The van der Waals surface area contributed by atoms with Crippen molar-refractivity contribution in [1.82, 2.24) is 29.2 Å². The number of aromatic nitrogens is 6. The topological polar surface area (TPSA) is 63.3 Å². The maximum atomic E-state index is 5.41. The van der Waals surface area contributed by atoms with Crippen LogP contribution in [0, 0.1) is 4.77 Å². The first-order valence-corrected chi connectivity index (χ1v) is 8.22. The Morgan fingerprint density at radius 2 is 2.38 bits per heavy atom. The minimum atomic E-state index is 0.557. The Hall–Kier alpha value is -1.80. The summed E-state index contributed by atoms with van der Waals surface area (Å²) in [7, 11) is 0. The third kappa shape index (κ3) is 1.36. The first-order valence-electron chi connectivity index (χ1n) is 7.00. The summed E-state index contributed by atoms with van der Waals surface area (Å²) >= 11 is 7.24. The molecule has 5 rings (SSSR count). The van der Waals surface area contributed by atoms with Gasteiger partial charge in [0.25, 0.3) is 5.78 Å². The molecular formula is C13H12N6S2. The molecule has 4 aromatic heterocycles. The second-order valence-corrected chi connectivity index (χ2v) is 7.04. The summed E-state index contributed by atoms with van der Waals surface area (Å²) in [6, 6.07) is 0. The summed E-state index contributed by atoms with van der Waals surface area (Å²) in [4.78, 5) is 7.08. The van der Waals surface area contributed by atoms with E-state index in [0.29, 0.717) is 16.5 Å². The van der Waals surface area contributed by atoms with Crippen LogP contribution in [0.3, 0.4) is 0 Å². The van der Waals surface area contributed by atoms with Gasteiger partial charge in [0.1, 0.15) is 11.2 Å². The lowest BCUT2D eigenvalue weighted by Crippen LogP contribution is -2.05. The number of thiophene rings is 1. The van der Waals surface area contributed by atoms with Crippen LogP contribution in [0.5, 0.6) is 0 Å². The van der Waals surface area contributed by atoms with Crippen molar-refractivity contribution in [1.29, 1.82) is 0 Å². The molecule has 0 aromatic carbocycles. The van der Waals surface area contributed by atoms with Gasteiger partial charge >= 0.3 is 0 Å². The van der Waals surface area contributed by atoms with E-state index in [1.54, 1.807) is 10.8 Å². The lowest BCUT2D eigenvalue weighted by atomic mass is 9.87. The quantitative estimate of drug-likeness (QED) is 0.506. The van der Waals surface area contributed by atoms with E-state index in [1.807, 2.05) is 15.7 Å². The Kier molecular flexibility index (Phi) is 2.19. The van der Waals surface area contributed by atoms with Crippen molar-refractivity contribution in [2.24, 2.45) is 0 Å². The van der Waals surface area contributed by atoms with E-state index >= 15 is 0 Å². The second kappa shape index (κ2) is 3.89. The van der Waals surface area contributed by atoms with Crippen molar-refractivity contribution in [2.45, 2.75) is 32.1 Å². The normalized spacial score (nSPS) is 18.8. The molecule has 0 saturated heterocycles. The van der Waals surface area contributed by atoms with Gasteiger partial charge < -0.3 is 0 Å². The van der Waals surface area contributed by atoms with E-state index in [-0.39, 0.29) is 0 Å². The Bertz CT molecular complexity index is 1070. The SMILES string of the molecule is CC1CCCc2sc3c(c21)c1ncnn1c1n[nH]c(=S)n31. The van der Waals surface area contributed by atoms with E-state index in [1.165, 1.54) is 28.7 Å². The molecule has 1 aliphatic rings. The first-order chi connectivity index (χ1) is 10.3. The molecule has 6 nitrogen and oxygen atoms in total. The fourth-order valence-corrected chi connectivity index (χ4v) is 5.18. The molecule has 4 heterocycles. The van der Waals surface area contributed by atoms with Gasteiger partial charge in [-0.15, -0.1) is 16.4 Å². The van der Waals surface area contributed by atoms with E-state index < -0.39 is 0 Å². The van der Waals surface area contributed by atoms with Crippen molar-refractivity contribution in [3.63, 3.8) is 0 Å². The maximum absolute atomic E-state index is 5.41. The van der Waals surface area contributed by atoms with E-state index in [0.717, 1.165) is 16.9 Å². The van der Waals surface area contributed by atoms with Crippen LogP contribution < -0.4 is 0 Å². The Morgan fingerprint density at radius 3 is 3.29 bits per heavy atom. The molecule has 1 aliphatic carbocycles. The first kappa shape index (κ1) is 11.8. The van der Waals surface area contributed by atoms with Crippen molar-refractivity contribution in [3.8, 4) is 0 Å². The van der Waals surface area contributed by atoms with Crippen LogP contribution in [0.15, 0.2) is 6.33 Å². The minimum Gasteiger partial charge on any atom is -0.249 e. The summed E-state index contributed by atoms with van der Waals surface area (Å²) in [5.41, 5.74) is 2.32. The molecule has 21 heavy (non-hydrogen) atoms. The van der Waals surface area contributed by atoms with Gasteiger partial charge in [-0.25, -0.2) is 14.5 Å². The van der Waals surface area contributed by atoms with Gasteiger partial charge in [0.2, 0.25) is 4.77 Å². The van der Waals surface area contributed by atoms with Gasteiger partial charge in [-0.1, -0.05) is 6.92 Å². The number of hydrogen-bond donors (Lipinski definition) is 1. The number of aryl methyl sites for hydroxylation is 1. The summed E-state index contributed by atoms with van der Waals surface area (Å²) in [5.74, 6) is 1.26. The second-order valence-electron chi connectivity index (χ2n) is 5.57. The highest BCUT2D eigenvalue weighted by atomic mass is 32.1. The van der Waals surface area contributed by atoms with Gasteiger partial charge in [-0.05, 0) is 43.0 Å². The van der Waals surface area contributed by atoms with Crippen LogP contribution in [0.4, 0.5) is 0 Å². The number of nitrogens with zero attached hydrogens (tertiary/aromatic N) is 5. The highest BCUT2D eigenvalue weighted by molar-refractivity contribution is 7.71. The summed E-state index contributed by atoms with van der Waals surface area (Å²) in [6.45, 7) is 2.30. The standard InChI is InChI=1S/C13H12N6S2/c1-6-3-2-4-7-8(6)9-10-14-5-15-19(10)12-16-17-13(20)18(12)11(9)21-7/h5-6H,2-4H2,1H3,(H,17,20). The molecule has 0 radical (unpaired) electrons. The smallest absolute Gasteiger partial charge is 0.249 e. The zero-order chi connectivity index (χ0) is 14.1. The zero-order valence-electron chi connectivity index (χ0n) is 11.3. The monoisotopic (exact) mass is 316 g/mol. The Balaban J connectivity index is 2.15. The molecular weight excluding hydrogens is 304 g/mol. The molecule has 1 unspecified atom stereocenters. The third-order valence-corrected chi connectivity index (χ3v) is 5.88. The molecule has 4 aromatic rings. The highest BCUT2D eigenvalue weighted by Crippen LogP contribution is 2.43. The molecule has 1 atom stereocenters. The number of aromatic amines is 1. The number of nitrogens with one attached hydrogen (secondary N) is 1. The Labute approximate surface area is 128 Å². The van der Waals surface area contributed by atoms with Crippen molar-refractivity contribution in [3.05, 3.63) is 21.5 Å². The van der Waals surface area contributed by atoms with Gasteiger partial charge in [-0.2, -0.15) is 9.61 Å².